The van der Waals surface area contributed by atoms with Crippen LogP contribution in [-0.4, -0.2) is 29.3 Å². The molecule has 0 saturated heterocycles. The van der Waals surface area contributed by atoms with Crippen molar-refractivity contribution >= 4 is 35.9 Å². The van der Waals surface area contributed by atoms with Crippen molar-refractivity contribution in [2.75, 3.05) is 12.8 Å². The number of nitrogen functional groups attached to an aromatic ring is 1. The molecule has 0 aliphatic rings. The topological polar surface area (TPSA) is 113 Å². The molecule has 108 valence electrons. The highest BCUT2D eigenvalue weighted by atomic mass is 32.1. The minimum Gasteiger partial charge on any atom is -0.465 e. The van der Waals surface area contributed by atoms with Crippen LogP contribution < -0.4 is 11.3 Å². The summed E-state index contributed by atoms with van der Waals surface area (Å²) < 4.78 is 4.74. The first-order chi connectivity index (χ1) is 10.0. The van der Waals surface area contributed by atoms with E-state index < -0.39 is 11.5 Å². The summed E-state index contributed by atoms with van der Waals surface area (Å²) in [6.45, 7) is 0. The van der Waals surface area contributed by atoms with E-state index in [9.17, 15) is 9.59 Å². The molecule has 2 aromatic rings. The van der Waals surface area contributed by atoms with Crippen LogP contribution >= 0.6 is 12.2 Å². The van der Waals surface area contributed by atoms with Crippen LogP contribution in [0.1, 0.15) is 15.9 Å². The molecule has 0 spiro atoms. The van der Waals surface area contributed by atoms with Gasteiger partial charge in [0.1, 0.15) is 5.82 Å². The number of esters is 1. The number of benzene rings is 1. The third-order valence-electron chi connectivity index (χ3n) is 2.62. The Kier molecular flexibility index (Phi) is 4.29. The zero-order valence-corrected chi connectivity index (χ0v) is 11.9. The fraction of sp³-hybridized carbons (Fsp3) is 0.0769. The first-order valence-electron chi connectivity index (χ1n) is 5.86. The molecular weight excluding hydrogens is 292 g/mol. The Bertz CT molecular complexity index is 805. The molecule has 0 fully saturated rings. The zero-order valence-electron chi connectivity index (χ0n) is 11.0. The normalized spacial score (nSPS) is 10.7. The second-order valence-electron chi connectivity index (χ2n) is 4.04. The van der Waals surface area contributed by atoms with Gasteiger partial charge in [0.05, 0.1) is 12.7 Å². The van der Waals surface area contributed by atoms with Gasteiger partial charge >= 0.3 is 5.97 Å². The van der Waals surface area contributed by atoms with Gasteiger partial charge in [-0.25, -0.2) is 9.79 Å². The molecule has 1 heterocycles. The number of aromatic amines is 2. The predicted molar refractivity (Wildman–Crippen MR) is 81.7 cm³/mol. The summed E-state index contributed by atoms with van der Waals surface area (Å²) in [4.78, 5) is 32.0. The number of H-pyrrole nitrogens is 2. The fourth-order valence-electron chi connectivity index (χ4n) is 1.59. The van der Waals surface area contributed by atoms with Crippen molar-refractivity contribution in [3.63, 3.8) is 0 Å². The van der Waals surface area contributed by atoms with Crippen molar-refractivity contribution in [1.82, 2.24) is 9.97 Å². The Balaban J connectivity index is 2.28. The van der Waals surface area contributed by atoms with Gasteiger partial charge in [0, 0.05) is 6.21 Å². The van der Waals surface area contributed by atoms with E-state index in [2.05, 4.69) is 19.7 Å². The van der Waals surface area contributed by atoms with Crippen molar-refractivity contribution in [3.05, 3.63) is 50.5 Å². The van der Waals surface area contributed by atoms with Crippen molar-refractivity contribution in [3.8, 4) is 0 Å². The molecule has 0 aliphatic heterocycles. The quantitative estimate of drug-likeness (QED) is 0.452. The summed E-state index contributed by atoms with van der Waals surface area (Å²) in [7, 11) is 1.31. The van der Waals surface area contributed by atoms with Gasteiger partial charge in [-0.05, 0) is 29.9 Å². The smallest absolute Gasteiger partial charge is 0.337 e. The average molecular weight is 304 g/mol. The Morgan fingerprint density at radius 2 is 2.00 bits per heavy atom. The number of carbonyl (C=O) groups is 1. The van der Waals surface area contributed by atoms with E-state index in [1.807, 2.05) is 0 Å². The molecule has 0 amide bonds. The number of aliphatic imine (C=N–C) groups is 1. The number of carbonyl (C=O) groups excluding carboxylic acids is 1. The average Bonchev–Trinajstić information content (AvgIpc) is 2.46. The van der Waals surface area contributed by atoms with E-state index in [4.69, 9.17) is 18.0 Å². The van der Waals surface area contributed by atoms with Crippen LogP contribution in [0, 0.1) is 4.77 Å². The lowest BCUT2D eigenvalue weighted by molar-refractivity contribution is 0.0601. The molecule has 0 unspecified atom stereocenters. The molecule has 7 nitrogen and oxygen atoms in total. The molecule has 21 heavy (non-hydrogen) atoms. The maximum Gasteiger partial charge on any atom is 0.337 e. The number of anilines is 1. The summed E-state index contributed by atoms with van der Waals surface area (Å²) in [6, 6.07) is 6.54. The van der Waals surface area contributed by atoms with Gasteiger partial charge in [0.2, 0.25) is 0 Å². The van der Waals surface area contributed by atoms with Crippen LogP contribution in [-0.2, 0) is 4.74 Å². The van der Waals surface area contributed by atoms with Crippen molar-refractivity contribution < 1.29 is 9.53 Å². The lowest BCUT2D eigenvalue weighted by atomic mass is 10.1. The summed E-state index contributed by atoms with van der Waals surface area (Å²) in [5.74, 6) is -0.332. The van der Waals surface area contributed by atoms with E-state index in [1.54, 1.807) is 24.3 Å². The largest absolute Gasteiger partial charge is 0.465 e. The molecule has 0 aliphatic carbocycles. The number of nitrogens with two attached hydrogens (primary N) is 1. The summed E-state index contributed by atoms with van der Waals surface area (Å²) in [5, 5.41) is 0. The highest BCUT2D eigenvalue weighted by Gasteiger charge is 2.05. The number of aromatic nitrogens is 2. The molecule has 8 heteroatoms. The van der Waals surface area contributed by atoms with E-state index in [0.717, 1.165) is 0 Å². The van der Waals surface area contributed by atoms with Crippen LogP contribution in [0.15, 0.2) is 34.1 Å². The van der Waals surface area contributed by atoms with Gasteiger partial charge in [0.15, 0.2) is 10.5 Å². The highest BCUT2D eigenvalue weighted by Crippen LogP contribution is 2.12. The Morgan fingerprint density at radius 1 is 1.33 bits per heavy atom. The molecule has 2 rings (SSSR count). The summed E-state index contributed by atoms with van der Waals surface area (Å²) in [5.41, 5.74) is 6.34. The highest BCUT2D eigenvalue weighted by molar-refractivity contribution is 7.71. The first-order valence-corrected chi connectivity index (χ1v) is 6.26. The first kappa shape index (κ1) is 14.7. The van der Waals surface area contributed by atoms with E-state index >= 15 is 0 Å². The van der Waals surface area contributed by atoms with Gasteiger partial charge in [-0.3, -0.25) is 9.78 Å². The third kappa shape index (κ3) is 3.42. The maximum atomic E-state index is 11.7. The lowest BCUT2D eigenvalue weighted by Gasteiger charge is -2.00. The SMILES string of the molecule is COC(=O)c1ccc(C=Nc2c(N)[nH]c(=S)[nH]c2=O)cc1. The van der Waals surface area contributed by atoms with Crippen LogP contribution in [0.25, 0.3) is 0 Å². The molecule has 0 radical (unpaired) electrons. The van der Waals surface area contributed by atoms with Gasteiger partial charge in [-0.2, -0.15) is 0 Å². The standard InChI is InChI=1S/C13H12N4O3S/c1-20-12(19)8-4-2-7(3-5-8)6-15-9-10(14)16-13(21)17-11(9)18/h2-6H,1H3,(H4,14,16,17,18,21). The minimum atomic E-state index is -0.473. The maximum absolute atomic E-state index is 11.7. The number of hydrogen-bond donors (Lipinski definition) is 3. The van der Waals surface area contributed by atoms with Gasteiger partial charge in [-0.1, -0.05) is 12.1 Å². The predicted octanol–water partition coefficient (Wildman–Crippen LogP) is 1.55. The minimum absolute atomic E-state index is 0.0423. The van der Waals surface area contributed by atoms with Gasteiger partial charge in [0.25, 0.3) is 5.56 Å². The number of nitrogens with one attached hydrogen (secondary N) is 2. The number of rotatable bonds is 3. The van der Waals surface area contributed by atoms with Crippen LogP contribution in [0.4, 0.5) is 11.5 Å². The summed E-state index contributed by atoms with van der Waals surface area (Å²) >= 11 is 4.79. The number of ether oxygens (including phenoxy) is 1. The van der Waals surface area contributed by atoms with Crippen LogP contribution in [0.3, 0.4) is 0 Å². The number of methoxy groups -OCH3 is 1. The Hall–Kier alpha value is -2.74. The van der Waals surface area contributed by atoms with Crippen molar-refractivity contribution in [2.24, 2.45) is 4.99 Å². The molecule has 0 saturated carbocycles. The van der Waals surface area contributed by atoms with Gasteiger partial charge in [-0.15, -0.1) is 0 Å². The van der Waals surface area contributed by atoms with Crippen LogP contribution in [0.5, 0.6) is 0 Å². The van der Waals surface area contributed by atoms with E-state index in [1.165, 1.54) is 13.3 Å². The molecule has 0 bridgehead atoms. The summed E-state index contributed by atoms with van der Waals surface area (Å²) in [6.07, 6.45) is 1.46. The second kappa shape index (κ2) is 6.14. The fourth-order valence-corrected chi connectivity index (χ4v) is 1.79. The number of nitrogens with zero attached hydrogens (tertiary/aromatic N) is 1. The Morgan fingerprint density at radius 3 is 2.57 bits per heavy atom. The Labute approximate surface area is 124 Å². The molecular formula is C13H12N4O3S. The monoisotopic (exact) mass is 304 g/mol. The molecule has 0 atom stereocenters. The third-order valence-corrected chi connectivity index (χ3v) is 2.82. The molecule has 1 aromatic carbocycles. The molecule has 1 aromatic heterocycles. The van der Waals surface area contributed by atoms with Crippen LogP contribution in [0.2, 0.25) is 0 Å². The lowest BCUT2D eigenvalue weighted by Crippen LogP contribution is -2.10. The van der Waals surface area contributed by atoms with Crippen molar-refractivity contribution in [1.29, 1.82) is 0 Å². The van der Waals surface area contributed by atoms with Crippen molar-refractivity contribution in [2.45, 2.75) is 0 Å². The zero-order chi connectivity index (χ0) is 15.4. The molecule has 4 N–H and O–H groups in total. The van der Waals surface area contributed by atoms with Gasteiger partial charge < -0.3 is 15.5 Å². The van der Waals surface area contributed by atoms with E-state index in [-0.39, 0.29) is 16.3 Å². The second-order valence-corrected chi connectivity index (χ2v) is 4.45. The number of hydrogen-bond acceptors (Lipinski definition) is 6. The van der Waals surface area contributed by atoms with E-state index in [0.29, 0.717) is 11.1 Å².